The van der Waals surface area contributed by atoms with E-state index in [1.807, 2.05) is 13.8 Å². The normalized spacial score (nSPS) is 13.0. The van der Waals surface area contributed by atoms with Crippen molar-refractivity contribution in [2.75, 3.05) is 7.11 Å². The molecule has 0 bridgehead atoms. The third kappa shape index (κ3) is 2.52. The molecule has 68 valence electrons. The summed E-state index contributed by atoms with van der Waals surface area (Å²) in [5, 5.41) is -0.525. The fourth-order valence-corrected chi connectivity index (χ4v) is 1.50. The second-order valence-electron chi connectivity index (χ2n) is 2.97. The smallest absolute Gasteiger partial charge is 0.201 e. The summed E-state index contributed by atoms with van der Waals surface area (Å²) in [5.41, 5.74) is 0.663. The van der Waals surface area contributed by atoms with Gasteiger partial charge < -0.3 is 4.52 Å². The molecule has 12 heavy (non-hydrogen) atoms. The Balaban J connectivity index is 4.68. The van der Waals surface area contributed by atoms with Crippen molar-refractivity contribution in [2.24, 2.45) is 0 Å². The van der Waals surface area contributed by atoms with Crippen LogP contribution in [-0.2, 0) is 9.09 Å². The van der Waals surface area contributed by atoms with Crippen LogP contribution in [0.1, 0.15) is 20.8 Å². The molecule has 1 unspecified atom stereocenters. The summed E-state index contributed by atoms with van der Waals surface area (Å²) < 4.78 is 16.2. The lowest BCUT2D eigenvalue weighted by Gasteiger charge is -2.21. The van der Waals surface area contributed by atoms with Crippen molar-refractivity contribution in [3.8, 4) is 11.8 Å². The highest BCUT2D eigenvalue weighted by Gasteiger charge is 2.28. The van der Waals surface area contributed by atoms with Crippen LogP contribution in [0.4, 0.5) is 0 Å². The zero-order chi connectivity index (χ0) is 9.78. The minimum atomic E-state index is -2.08. The molecule has 0 saturated heterocycles. The van der Waals surface area contributed by atoms with Crippen LogP contribution in [0.25, 0.3) is 0 Å². The predicted molar refractivity (Wildman–Crippen MR) is 52.7 cm³/mol. The van der Waals surface area contributed by atoms with E-state index in [1.54, 1.807) is 6.92 Å². The molecule has 0 heterocycles. The summed E-state index contributed by atoms with van der Waals surface area (Å²) in [6.45, 7) is 9.13. The van der Waals surface area contributed by atoms with E-state index in [1.165, 1.54) is 7.11 Å². The van der Waals surface area contributed by atoms with Gasteiger partial charge in [0.2, 0.25) is 8.03 Å². The molecule has 0 spiro atoms. The van der Waals surface area contributed by atoms with Crippen LogP contribution in [0.15, 0.2) is 12.2 Å². The molecule has 0 aliphatic heterocycles. The van der Waals surface area contributed by atoms with Gasteiger partial charge in [0.05, 0.1) is 5.16 Å². The van der Waals surface area contributed by atoms with Crippen LogP contribution in [0, 0.1) is 11.8 Å². The number of hydrogen-bond donors (Lipinski definition) is 0. The lowest BCUT2D eigenvalue weighted by molar-refractivity contribution is 0.398. The third-order valence-corrected chi connectivity index (χ3v) is 3.42. The fourth-order valence-electron chi connectivity index (χ4n) is 0.685. The number of rotatable bonds is 3. The second kappa shape index (κ2) is 4.50. The molecule has 0 fully saturated rings. The molecule has 0 amide bonds. The monoisotopic (exact) mass is 186 g/mol. The Kier molecular flexibility index (Phi) is 4.31. The van der Waals surface area contributed by atoms with Crippen molar-refractivity contribution in [1.29, 1.82) is 0 Å². The topological polar surface area (TPSA) is 26.3 Å². The molecule has 3 heteroatoms. The van der Waals surface area contributed by atoms with Crippen LogP contribution in [0.3, 0.4) is 0 Å². The van der Waals surface area contributed by atoms with Crippen molar-refractivity contribution in [2.45, 2.75) is 25.9 Å². The summed E-state index contributed by atoms with van der Waals surface area (Å²) in [6.07, 6.45) is 0. The standard InChI is InChI=1S/C9H15O2P/c1-6-7-8(2)9(3,4)12(10)11-5/h12H,2H2,1,3-5H3. The summed E-state index contributed by atoms with van der Waals surface area (Å²) in [7, 11) is -0.638. The molecule has 0 aromatic carbocycles. The molecule has 0 radical (unpaired) electrons. The Bertz CT molecular complexity index is 255. The molecule has 0 aromatic heterocycles. The Morgan fingerprint density at radius 1 is 1.58 bits per heavy atom. The quantitative estimate of drug-likeness (QED) is 0.500. The summed E-state index contributed by atoms with van der Waals surface area (Å²) in [5.74, 6) is 5.53. The lowest BCUT2D eigenvalue weighted by Crippen LogP contribution is -2.16. The molecule has 0 aromatic rings. The highest BCUT2D eigenvalue weighted by Crippen LogP contribution is 2.43. The minimum absolute atomic E-state index is 0.525. The highest BCUT2D eigenvalue weighted by atomic mass is 31.1. The van der Waals surface area contributed by atoms with E-state index in [0.29, 0.717) is 5.57 Å². The Morgan fingerprint density at radius 2 is 2.08 bits per heavy atom. The molecule has 0 saturated carbocycles. The Hall–Kier alpha value is -0.510. The van der Waals surface area contributed by atoms with Crippen molar-refractivity contribution in [1.82, 2.24) is 0 Å². The average molecular weight is 186 g/mol. The number of allylic oxidation sites excluding steroid dienone is 1. The predicted octanol–water partition coefficient (Wildman–Crippen LogP) is 2.47. The van der Waals surface area contributed by atoms with Gasteiger partial charge in [-0.3, -0.25) is 4.57 Å². The van der Waals surface area contributed by atoms with E-state index in [2.05, 4.69) is 18.4 Å². The van der Waals surface area contributed by atoms with Gasteiger partial charge in [0.15, 0.2) is 0 Å². The zero-order valence-electron chi connectivity index (χ0n) is 8.02. The van der Waals surface area contributed by atoms with E-state index in [4.69, 9.17) is 4.52 Å². The van der Waals surface area contributed by atoms with Gasteiger partial charge in [0.25, 0.3) is 0 Å². The zero-order valence-corrected chi connectivity index (χ0v) is 9.02. The summed E-state index contributed by atoms with van der Waals surface area (Å²) >= 11 is 0. The van der Waals surface area contributed by atoms with E-state index in [0.717, 1.165) is 0 Å². The number of hydrogen-bond acceptors (Lipinski definition) is 2. The fraction of sp³-hybridized carbons (Fsp3) is 0.556. The minimum Gasteiger partial charge on any atom is -0.333 e. The van der Waals surface area contributed by atoms with E-state index >= 15 is 0 Å². The summed E-state index contributed by atoms with van der Waals surface area (Å²) in [6, 6.07) is 0. The maximum atomic E-state index is 11.4. The van der Waals surface area contributed by atoms with Gasteiger partial charge in [0, 0.05) is 12.7 Å². The first kappa shape index (κ1) is 11.5. The summed E-state index contributed by atoms with van der Waals surface area (Å²) in [4.78, 5) is 0. The Morgan fingerprint density at radius 3 is 2.42 bits per heavy atom. The van der Waals surface area contributed by atoms with Crippen LogP contribution >= 0.6 is 8.03 Å². The van der Waals surface area contributed by atoms with Gasteiger partial charge in [0.1, 0.15) is 0 Å². The van der Waals surface area contributed by atoms with E-state index in [-0.39, 0.29) is 0 Å². The van der Waals surface area contributed by atoms with Gasteiger partial charge in [-0.15, -0.1) is 5.92 Å². The first-order valence-corrected chi connectivity index (χ1v) is 4.99. The Labute approximate surface area is 74.9 Å². The average Bonchev–Trinajstić information content (AvgIpc) is 2.03. The van der Waals surface area contributed by atoms with Gasteiger partial charge in [-0.05, 0) is 20.8 Å². The van der Waals surface area contributed by atoms with E-state index < -0.39 is 13.2 Å². The van der Waals surface area contributed by atoms with Gasteiger partial charge in [-0.1, -0.05) is 12.5 Å². The largest absolute Gasteiger partial charge is 0.333 e. The SMILES string of the molecule is C=C(C#CC)C(C)(C)[PH](=O)OC. The first-order valence-electron chi connectivity index (χ1n) is 3.67. The van der Waals surface area contributed by atoms with Crippen molar-refractivity contribution < 1.29 is 9.09 Å². The molecule has 0 N–H and O–H groups in total. The molecular formula is C9H15O2P. The second-order valence-corrected chi connectivity index (χ2v) is 5.20. The van der Waals surface area contributed by atoms with Crippen molar-refractivity contribution in [3.05, 3.63) is 12.2 Å². The molecular weight excluding hydrogens is 171 g/mol. The maximum absolute atomic E-state index is 11.4. The maximum Gasteiger partial charge on any atom is 0.201 e. The van der Waals surface area contributed by atoms with Crippen molar-refractivity contribution >= 4 is 8.03 Å². The van der Waals surface area contributed by atoms with Crippen molar-refractivity contribution in [3.63, 3.8) is 0 Å². The first-order chi connectivity index (χ1) is 5.46. The van der Waals surface area contributed by atoms with Gasteiger partial charge in [-0.2, -0.15) is 0 Å². The van der Waals surface area contributed by atoms with Gasteiger partial charge in [-0.25, -0.2) is 0 Å². The molecule has 1 atom stereocenters. The molecule has 0 aliphatic carbocycles. The molecule has 0 rings (SSSR count). The third-order valence-electron chi connectivity index (χ3n) is 1.73. The highest BCUT2D eigenvalue weighted by molar-refractivity contribution is 7.41. The molecule has 2 nitrogen and oxygen atoms in total. The molecule has 0 aliphatic rings. The van der Waals surface area contributed by atoms with Crippen LogP contribution in [0.2, 0.25) is 0 Å². The van der Waals surface area contributed by atoms with Crippen LogP contribution < -0.4 is 0 Å². The van der Waals surface area contributed by atoms with E-state index in [9.17, 15) is 4.57 Å². The van der Waals surface area contributed by atoms with Gasteiger partial charge >= 0.3 is 0 Å². The lowest BCUT2D eigenvalue weighted by atomic mass is 10.1. The van der Waals surface area contributed by atoms with Crippen LogP contribution in [-0.4, -0.2) is 12.3 Å². The van der Waals surface area contributed by atoms with Crippen LogP contribution in [0.5, 0.6) is 0 Å².